The summed E-state index contributed by atoms with van der Waals surface area (Å²) in [5.41, 5.74) is 0. The standard InChI is InChI=1S/C15H29NO/c1-12(13-6-4-2-3-5-7-13)16-14-8-10-15(17)11-9-14/h12-17H,2-11H2,1H3/t12-,14?,15?/m0/s1. The first-order chi connectivity index (χ1) is 8.25. The van der Waals surface area contributed by atoms with E-state index in [1.807, 2.05) is 0 Å². The molecule has 0 bridgehead atoms. The van der Waals surface area contributed by atoms with Gasteiger partial charge < -0.3 is 10.4 Å². The van der Waals surface area contributed by atoms with Crippen LogP contribution >= 0.6 is 0 Å². The lowest BCUT2D eigenvalue weighted by atomic mass is 9.89. The second-order valence-electron chi connectivity index (χ2n) is 6.21. The SMILES string of the molecule is C[C@H](NC1CCC(O)CC1)C1CCCCCC1. The molecular formula is C15H29NO. The van der Waals surface area contributed by atoms with Crippen molar-refractivity contribution in [3.05, 3.63) is 0 Å². The summed E-state index contributed by atoms with van der Waals surface area (Å²) < 4.78 is 0. The van der Waals surface area contributed by atoms with Crippen molar-refractivity contribution in [2.75, 3.05) is 0 Å². The number of hydrogen-bond donors (Lipinski definition) is 2. The van der Waals surface area contributed by atoms with Crippen LogP contribution in [0.3, 0.4) is 0 Å². The zero-order chi connectivity index (χ0) is 12.1. The van der Waals surface area contributed by atoms with E-state index in [9.17, 15) is 5.11 Å². The van der Waals surface area contributed by atoms with Gasteiger partial charge >= 0.3 is 0 Å². The van der Waals surface area contributed by atoms with Crippen LogP contribution in [0, 0.1) is 5.92 Å². The summed E-state index contributed by atoms with van der Waals surface area (Å²) >= 11 is 0. The van der Waals surface area contributed by atoms with E-state index in [0.717, 1.165) is 31.6 Å². The molecule has 0 amide bonds. The zero-order valence-electron chi connectivity index (χ0n) is 11.3. The summed E-state index contributed by atoms with van der Waals surface area (Å²) in [6, 6.07) is 1.34. The normalized spacial score (nSPS) is 34.2. The molecule has 100 valence electrons. The molecule has 2 aliphatic rings. The maximum Gasteiger partial charge on any atom is 0.0541 e. The van der Waals surface area contributed by atoms with E-state index in [-0.39, 0.29) is 6.10 Å². The molecule has 0 spiro atoms. The van der Waals surface area contributed by atoms with Gasteiger partial charge in [0, 0.05) is 12.1 Å². The third-order valence-corrected chi connectivity index (χ3v) is 4.80. The van der Waals surface area contributed by atoms with Crippen molar-refractivity contribution >= 4 is 0 Å². The first-order valence-corrected chi connectivity index (χ1v) is 7.70. The molecular weight excluding hydrogens is 210 g/mol. The second kappa shape index (κ2) is 6.75. The highest BCUT2D eigenvalue weighted by atomic mass is 16.3. The number of aliphatic hydroxyl groups excluding tert-OH is 1. The number of hydrogen-bond acceptors (Lipinski definition) is 2. The molecule has 1 atom stereocenters. The number of rotatable bonds is 3. The molecule has 17 heavy (non-hydrogen) atoms. The minimum Gasteiger partial charge on any atom is -0.393 e. The van der Waals surface area contributed by atoms with E-state index in [4.69, 9.17) is 0 Å². The van der Waals surface area contributed by atoms with Gasteiger partial charge in [0.2, 0.25) is 0 Å². The highest BCUT2D eigenvalue weighted by Crippen LogP contribution is 2.27. The molecule has 2 nitrogen and oxygen atoms in total. The molecule has 0 saturated heterocycles. The first kappa shape index (κ1) is 13.4. The highest BCUT2D eigenvalue weighted by molar-refractivity contribution is 4.82. The monoisotopic (exact) mass is 239 g/mol. The molecule has 0 heterocycles. The van der Waals surface area contributed by atoms with Crippen LogP contribution in [0.15, 0.2) is 0 Å². The first-order valence-electron chi connectivity index (χ1n) is 7.70. The third kappa shape index (κ3) is 4.26. The lowest BCUT2D eigenvalue weighted by Gasteiger charge is -2.32. The van der Waals surface area contributed by atoms with Crippen molar-refractivity contribution in [1.29, 1.82) is 0 Å². The fourth-order valence-electron chi connectivity index (χ4n) is 3.56. The van der Waals surface area contributed by atoms with Crippen molar-refractivity contribution in [3.63, 3.8) is 0 Å². The molecule has 2 aliphatic carbocycles. The summed E-state index contributed by atoms with van der Waals surface area (Å²) in [4.78, 5) is 0. The van der Waals surface area contributed by atoms with Crippen LogP contribution in [0.2, 0.25) is 0 Å². The van der Waals surface area contributed by atoms with Gasteiger partial charge in [-0.1, -0.05) is 25.7 Å². The lowest BCUT2D eigenvalue weighted by molar-refractivity contribution is 0.111. The van der Waals surface area contributed by atoms with Gasteiger partial charge in [-0.2, -0.15) is 0 Å². The average molecular weight is 239 g/mol. The van der Waals surface area contributed by atoms with E-state index in [1.165, 1.54) is 38.5 Å². The molecule has 0 unspecified atom stereocenters. The van der Waals surface area contributed by atoms with E-state index >= 15 is 0 Å². The van der Waals surface area contributed by atoms with Crippen LogP contribution in [0.4, 0.5) is 0 Å². The van der Waals surface area contributed by atoms with E-state index in [0.29, 0.717) is 12.1 Å². The van der Waals surface area contributed by atoms with E-state index in [1.54, 1.807) is 0 Å². The minimum atomic E-state index is -0.0266. The molecule has 2 heteroatoms. The summed E-state index contributed by atoms with van der Waals surface area (Å²) in [6.45, 7) is 2.38. The van der Waals surface area contributed by atoms with Gasteiger partial charge in [0.25, 0.3) is 0 Å². The van der Waals surface area contributed by atoms with Gasteiger partial charge in [-0.05, 0) is 51.4 Å². The Labute approximate surface area is 106 Å². The molecule has 2 rings (SSSR count). The Bertz CT molecular complexity index is 203. The Hall–Kier alpha value is -0.0800. The molecule has 0 aliphatic heterocycles. The van der Waals surface area contributed by atoms with Crippen molar-refractivity contribution in [2.24, 2.45) is 5.92 Å². The molecule has 0 radical (unpaired) electrons. The third-order valence-electron chi connectivity index (χ3n) is 4.80. The molecule has 0 aromatic heterocycles. The Balaban J connectivity index is 1.73. The largest absolute Gasteiger partial charge is 0.393 e. The van der Waals surface area contributed by atoms with Gasteiger partial charge in [0.05, 0.1) is 6.10 Å². The molecule has 2 saturated carbocycles. The Morgan fingerprint density at radius 2 is 1.47 bits per heavy atom. The molecule has 2 N–H and O–H groups in total. The zero-order valence-corrected chi connectivity index (χ0v) is 11.3. The minimum absolute atomic E-state index is 0.0266. The number of nitrogens with one attached hydrogen (secondary N) is 1. The Morgan fingerprint density at radius 1 is 0.882 bits per heavy atom. The van der Waals surface area contributed by atoms with Gasteiger partial charge in [0.15, 0.2) is 0 Å². The summed E-state index contributed by atoms with van der Waals surface area (Å²) in [5.74, 6) is 0.893. The van der Waals surface area contributed by atoms with Crippen molar-refractivity contribution in [1.82, 2.24) is 5.32 Å². The highest BCUT2D eigenvalue weighted by Gasteiger charge is 2.24. The van der Waals surface area contributed by atoms with Crippen LogP contribution < -0.4 is 5.32 Å². The van der Waals surface area contributed by atoms with E-state index < -0.39 is 0 Å². The Morgan fingerprint density at radius 3 is 2.06 bits per heavy atom. The Kier molecular flexibility index (Phi) is 5.30. The summed E-state index contributed by atoms with van der Waals surface area (Å²) in [7, 11) is 0. The van der Waals surface area contributed by atoms with Crippen LogP contribution in [-0.2, 0) is 0 Å². The van der Waals surface area contributed by atoms with Crippen LogP contribution in [0.25, 0.3) is 0 Å². The topological polar surface area (TPSA) is 32.3 Å². The van der Waals surface area contributed by atoms with Gasteiger partial charge in [-0.25, -0.2) is 0 Å². The number of aliphatic hydroxyl groups is 1. The van der Waals surface area contributed by atoms with Crippen molar-refractivity contribution in [3.8, 4) is 0 Å². The van der Waals surface area contributed by atoms with Gasteiger partial charge in [-0.15, -0.1) is 0 Å². The van der Waals surface area contributed by atoms with Crippen molar-refractivity contribution in [2.45, 2.75) is 89.3 Å². The van der Waals surface area contributed by atoms with Gasteiger partial charge in [-0.3, -0.25) is 0 Å². The van der Waals surface area contributed by atoms with Crippen LogP contribution in [0.5, 0.6) is 0 Å². The average Bonchev–Trinajstić information content (AvgIpc) is 2.61. The predicted octanol–water partition coefficient (Wildman–Crippen LogP) is 3.24. The summed E-state index contributed by atoms with van der Waals surface area (Å²) in [5, 5.41) is 13.3. The molecule has 0 aromatic rings. The molecule has 2 fully saturated rings. The van der Waals surface area contributed by atoms with Crippen molar-refractivity contribution < 1.29 is 5.11 Å². The maximum atomic E-state index is 9.52. The predicted molar refractivity (Wildman–Crippen MR) is 72.1 cm³/mol. The van der Waals surface area contributed by atoms with Crippen LogP contribution in [0.1, 0.15) is 71.1 Å². The lowest BCUT2D eigenvalue weighted by Crippen LogP contribution is -2.43. The van der Waals surface area contributed by atoms with E-state index in [2.05, 4.69) is 12.2 Å². The summed E-state index contributed by atoms with van der Waals surface area (Å²) in [6.07, 6.45) is 12.9. The molecule has 0 aromatic carbocycles. The quantitative estimate of drug-likeness (QED) is 0.741. The fourth-order valence-corrected chi connectivity index (χ4v) is 3.56. The smallest absolute Gasteiger partial charge is 0.0541 e. The van der Waals surface area contributed by atoms with Crippen LogP contribution in [-0.4, -0.2) is 23.3 Å². The second-order valence-corrected chi connectivity index (χ2v) is 6.21. The fraction of sp³-hybridized carbons (Fsp3) is 1.00. The maximum absolute atomic E-state index is 9.52. The van der Waals surface area contributed by atoms with Gasteiger partial charge in [0.1, 0.15) is 0 Å².